The molecule has 0 bridgehead atoms. The van der Waals surface area contributed by atoms with Gasteiger partial charge in [0.2, 0.25) is 5.95 Å². The van der Waals surface area contributed by atoms with Gasteiger partial charge in [0.25, 0.3) is 0 Å². The van der Waals surface area contributed by atoms with E-state index in [2.05, 4.69) is 31.2 Å². The molecule has 3 atom stereocenters. The van der Waals surface area contributed by atoms with Gasteiger partial charge in [0.15, 0.2) is 0 Å². The van der Waals surface area contributed by atoms with Crippen LogP contribution in [0.15, 0.2) is 16.9 Å². The lowest BCUT2D eigenvalue weighted by molar-refractivity contribution is 0.0203. The Morgan fingerprint density at radius 2 is 2.14 bits per heavy atom. The number of hydrogen-bond donors (Lipinski definition) is 1. The van der Waals surface area contributed by atoms with Gasteiger partial charge in [0.1, 0.15) is 5.60 Å². The van der Waals surface area contributed by atoms with Crippen molar-refractivity contribution < 1.29 is 9.53 Å². The van der Waals surface area contributed by atoms with E-state index in [0.717, 1.165) is 11.0 Å². The van der Waals surface area contributed by atoms with E-state index in [1.165, 1.54) is 6.42 Å². The predicted octanol–water partition coefficient (Wildman–Crippen LogP) is 2.91. The number of carbonyl (C=O) groups excluding carboxylic acids is 1. The van der Waals surface area contributed by atoms with E-state index in [1.54, 1.807) is 12.4 Å². The summed E-state index contributed by atoms with van der Waals surface area (Å²) >= 11 is 3.31. The molecule has 1 N–H and O–H groups in total. The molecule has 1 saturated carbocycles. The highest BCUT2D eigenvalue weighted by atomic mass is 79.9. The second-order valence-corrected chi connectivity index (χ2v) is 7.88. The van der Waals surface area contributed by atoms with Crippen LogP contribution < -0.4 is 5.32 Å². The minimum Gasteiger partial charge on any atom is -0.444 e. The van der Waals surface area contributed by atoms with Gasteiger partial charge in [-0.2, -0.15) is 0 Å². The fourth-order valence-electron chi connectivity index (χ4n) is 2.96. The van der Waals surface area contributed by atoms with Gasteiger partial charge in [-0.25, -0.2) is 14.8 Å². The highest BCUT2D eigenvalue weighted by molar-refractivity contribution is 9.10. The molecule has 1 aliphatic carbocycles. The summed E-state index contributed by atoms with van der Waals surface area (Å²) in [7, 11) is 0. The Balaban J connectivity index is 1.61. The number of piperidine rings is 1. The normalized spacial score (nSPS) is 26.5. The quantitative estimate of drug-likeness (QED) is 0.888. The molecule has 2 fully saturated rings. The number of amides is 1. The van der Waals surface area contributed by atoms with E-state index in [4.69, 9.17) is 4.74 Å². The lowest BCUT2D eigenvalue weighted by Gasteiger charge is -2.30. The SMILES string of the molecule is CC(C)(C)OC(=O)N1CC2CC2C1CNc1ncc(Br)cn1. The maximum Gasteiger partial charge on any atom is 0.410 e. The number of rotatable bonds is 3. The summed E-state index contributed by atoms with van der Waals surface area (Å²) in [5.74, 6) is 1.79. The first-order valence-corrected chi connectivity index (χ1v) is 8.34. The van der Waals surface area contributed by atoms with Crippen LogP contribution in [-0.4, -0.2) is 45.7 Å². The Morgan fingerprint density at radius 3 is 2.77 bits per heavy atom. The smallest absolute Gasteiger partial charge is 0.410 e. The first-order chi connectivity index (χ1) is 10.3. The maximum absolute atomic E-state index is 12.3. The summed E-state index contributed by atoms with van der Waals surface area (Å²) in [6.07, 6.45) is 4.39. The molecule has 1 saturated heterocycles. The van der Waals surface area contributed by atoms with Crippen LogP contribution in [0.3, 0.4) is 0 Å². The lowest BCUT2D eigenvalue weighted by atomic mass is 10.2. The van der Waals surface area contributed by atoms with Crippen LogP contribution in [0, 0.1) is 11.8 Å². The van der Waals surface area contributed by atoms with Crippen LogP contribution in [0.1, 0.15) is 27.2 Å². The van der Waals surface area contributed by atoms with Crippen molar-refractivity contribution in [3.63, 3.8) is 0 Å². The molecule has 6 nitrogen and oxygen atoms in total. The van der Waals surface area contributed by atoms with Crippen molar-refractivity contribution in [3.05, 3.63) is 16.9 Å². The molecule has 22 heavy (non-hydrogen) atoms. The van der Waals surface area contributed by atoms with Crippen LogP contribution in [0.5, 0.6) is 0 Å². The number of hydrogen-bond acceptors (Lipinski definition) is 5. The molecule has 3 rings (SSSR count). The Bertz CT molecular complexity index is 558. The van der Waals surface area contributed by atoms with Gasteiger partial charge >= 0.3 is 6.09 Å². The van der Waals surface area contributed by atoms with Crippen molar-refractivity contribution in [2.45, 2.75) is 38.8 Å². The third kappa shape index (κ3) is 3.51. The van der Waals surface area contributed by atoms with Crippen molar-refractivity contribution in [3.8, 4) is 0 Å². The molecular weight excluding hydrogens is 348 g/mol. The average Bonchev–Trinajstić information content (AvgIpc) is 3.10. The van der Waals surface area contributed by atoms with E-state index in [0.29, 0.717) is 24.3 Å². The summed E-state index contributed by atoms with van der Waals surface area (Å²) in [5, 5.41) is 3.23. The van der Waals surface area contributed by atoms with Crippen LogP contribution >= 0.6 is 15.9 Å². The highest BCUT2D eigenvalue weighted by Gasteiger charge is 2.54. The average molecular weight is 369 g/mol. The zero-order valence-electron chi connectivity index (χ0n) is 13.0. The first kappa shape index (κ1) is 15.5. The second-order valence-electron chi connectivity index (χ2n) is 6.97. The molecule has 120 valence electrons. The van der Waals surface area contributed by atoms with E-state index in [-0.39, 0.29) is 12.1 Å². The molecule has 7 heteroatoms. The second kappa shape index (κ2) is 5.68. The van der Waals surface area contributed by atoms with Crippen molar-refractivity contribution >= 4 is 28.0 Å². The van der Waals surface area contributed by atoms with Crippen LogP contribution in [-0.2, 0) is 4.74 Å². The number of carbonyl (C=O) groups is 1. The number of aromatic nitrogens is 2. The molecule has 0 spiro atoms. The topological polar surface area (TPSA) is 67.3 Å². The molecule has 2 heterocycles. The van der Waals surface area contributed by atoms with E-state index in [1.807, 2.05) is 25.7 Å². The standard InChI is InChI=1S/C15H21BrN4O2/c1-15(2,3)22-14(21)20-8-9-4-11(9)12(20)7-19-13-17-5-10(16)6-18-13/h5-6,9,11-12H,4,7-8H2,1-3H3,(H,17,18,19). The number of ether oxygens (including phenoxy) is 1. The fourth-order valence-corrected chi connectivity index (χ4v) is 3.17. The summed E-state index contributed by atoms with van der Waals surface area (Å²) in [4.78, 5) is 22.6. The zero-order chi connectivity index (χ0) is 15.9. The number of likely N-dealkylation sites (tertiary alicyclic amines) is 1. The van der Waals surface area contributed by atoms with Gasteiger partial charge in [0.05, 0.1) is 10.5 Å². The predicted molar refractivity (Wildman–Crippen MR) is 86.5 cm³/mol. The number of halogens is 1. The summed E-state index contributed by atoms with van der Waals surface area (Å²) in [6.45, 7) is 7.13. The Kier molecular flexibility index (Phi) is 4.01. The molecular formula is C15H21BrN4O2. The molecule has 0 radical (unpaired) electrons. The van der Waals surface area contributed by atoms with Gasteiger partial charge in [0, 0.05) is 25.5 Å². The molecule has 1 amide bonds. The van der Waals surface area contributed by atoms with E-state index < -0.39 is 5.60 Å². The largest absolute Gasteiger partial charge is 0.444 e. The molecule has 1 aliphatic heterocycles. The number of nitrogens with zero attached hydrogens (tertiary/aromatic N) is 3. The molecule has 1 aromatic heterocycles. The number of fused-ring (bicyclic) bond motifs is 1. The van der Waals surface area contributed by atoms with E-state index >= 15 is 0 Å². The Morgan fingerprint density at radius 1 is 1.45 bits per heavy atom. The van der Waals surface area contributed by atoms with Gasteiger partial charge in [-0.05, 0) is 55.0 Å². The summed E-state index contributed by atoms with van der Waals surface area (Å²) in [6, 6.07) is 0.159. The summed E-state index contributed by atoms with van der Waals surface area (Å²) in [5.41, 5.74) is -0.462. The van der Waals surface area contributed by atoms with Crippen LogP contribution in [0.25, 0.3) is 0 Å². The minimum atomic E-state index is -0.462. The molecule has 0 aromatic carbocycles. The molecule has 3 unspecified atom stereocenters. The van der Waals surface area contributed by atoms with Gasteiger partial charge in [-0.1, -0.05) is 0 Å². The zero-order valence-corrected chi connectivity index (χ0v) is 14.6. The number of nitrogens with one attached hydrogen (secondary N) is 1. The Labute approximate surface area is 138 Å². The fraction of sp³-hybridized carbons (Fsp3) is 0.667. The van der Waals surface area contributed by atoms with Crippen LogP contribution in [0.2, 0.25) is 0 Å². The van der Waals surface area contributed by atoms with Crippen molar-refractivity contribution in [2.75, 3.05) is 18.4 Å². The monoisotopic (exact) mass is 368 g/mol. The highest BCUT2D eigenvalue weighted by Crippen LogP contribution is 2.49. The minimum absolute atomic E-state index is 0.159. The number of anilines is 1. The lowest BCUT2D eigenvalue weighted by Crippen LogP contribution is -2.45. The van der Waals surface area contributed by atoms with Crippen molar-refractivity contribution in [1.82, 2.24) is 14.9 Å². The maximum atomic E-state index is 12.3. The van der Waals surface area contributed by atoms with Crippen molar-refractivity contribution in [2.24, 2.45) is 11.8 Å². The molecule has 2 aliphatic rings. The third-order valence-electron chi connectivity index (χ3n) is 4.02. The van der Waals surface area contributed by atoms with Crippen molar-refractivity contribution in [1.29, 1.82) is 0 Å². The van der Waals surface area contributed by atoms with E-state index in [9.17, 15) is 4.79 Å². The van der Waals surface area contributed by atoms with Gasteiger partial charge in [-0.3, -0.25) is 0 Å². The van der Waals surface area contributed by atoms with Gasteiger partial charge < -0.3 is 15.0 Å². The van der Waals surface area contributed by atoms with Gasteiger partial charge in [-0.15, -0.1) is 0 Å². The first-order valence-electron chi connectivity index (χ1n) is 7.54. The molecule has 1 aromatic rings. The third-order valence-corrected chi connectivity index (χ3v) is 4.43. The Hall–Kier alpha value is -1.37. The van der Waals surface area contributed by atoms with Crippen LogP contribution in [0.4, 0.5) is 10.7 Å². The summed E-state index contributed by atoms with van der Waals surface area (Å²) < 4.78 is 6.35.